The molecule has 212 valence electrons. The molecule has 4 aromatic carbocycles. The van der Waals surface area contributed by atoms with Crippen LogP contribution in [0.15, 0.2) is 99.9 Å². The zero-order valence-electron chi connectivity index (χ0n) is 22.1. The van der Waals surface area contributed by atoms with Crippen molar-refractivity contribution in [3.05, 3.63) is 120 Å². The molecule has 0 radical (unpaired) electrons. The van der Waals surface area contributed by atoms with Gasteiger partial charge in [-0.1, -0.05) is 51.8 Å². The van der Waals surface area contributed by atoms with Crippen molar-refractivity contribution in [3.8, 4) is 22.8 Å². The molecule has 0 bridgehead atoms. The van der Waals surface area contributed by atoms with Crippen molar-refractivity contribution in [1.29, 1.82) is 0 Å². The van der Waals surface area contributed by atoms with Crippen LogP contribution >= 0.6 is 61.5 Å². The van der Waals surface area contributed by atoms with Gasteiger partial charge < -0.3 is 14.8 Å². The lowest BCUT2D eigenvalue weighted by Gasteiger charge is -2.13. The van der Waals surface area contributed by atoms with Crippen molar-refractivity contribution in [1.82, 2.24) is 10.4 Å². The van der Waals surface area contributed by atoms with Crippen molar-refractivity contribution >= 4 is 84.4 Å². The number of hydrazone groups is 1. The number of halogens is 3. The smallest absolute Gasteiger partial charge is 0.271 e. The Morgan fingerprint density at radius 3 is 2.52 bits per heavy atom. The Morgan fingerprint density at radius 2 is 1.81 bits per heavy atom. The quantitative estimate of drug-likeness (QED) is 0.0842. The molecule has 0 fully saturated rings. The molecule has 0 unspecified atom stereocenters. The predicted octanol–water partition coefficient (Wildman–Crippen LogP) is 8.93. The number of thiazole rings is 1. The minimum absolute atomic E-state index is 0.322. The van der Waals surface area contributed by atoms with E-state index in [0.29, 0.717) is 28.7 Å². The Kier molecular flexibility index (Phi) is 10.1. The van der Waals surface area contributed by atoms with Crippen LogP contribution in [0.2, 0.25) is 5.02 Å². The number of anilines is 2. The van der Waals surface area contributed by atoms with Crippen LogP contribution in [0.1, 0.15) is 21.5 Å². The molecule has 0 saturated heterocycles. The topological polar surface area (TPSA) is 84.8 Å². The van der Waals surface area contributed by atoms with Crippen molar-refractivity contribution in [3.63, 3.8) is 0 Å². The van der Waals surface area contributed by atoms with E-state index in [0.717, 1.165) is 41.2 Å². The number of amides is 1. The molecule has 5 rings (SSSR count). The molecule has 0 aliphatic carbocycles. The van der Waals surface area contributed by atoms with E-state index in [1.165, 1.54) is 11.3 Å². The van der Waals surface area contributed by atoms with Crippen LogP contribution in [-0.4, -0.2) is 24.2 Å². The summed E-state index contributed by atoms with van der Waals surface area (Å²) in [6, 6.07) is 26.3. The molecule has 1 heterocycles. The number of nitrogens with zero attached hydrogens (tertiary/aromatic N) is 2. The highest BCUT2D eigenvalue weighted by Crippen LogP contribution is 2.34. The van der Waals surface area contributed by atoms with Crippen LogP contribution in [-0.2, 0) is 6.61 Å². The summed E-state index contributed by atoms with van der Waals surface area (Å²) in [4.78, 5) is 17.3. The standard InChI is InChI=1S/C31H23BrClIN4O3S/c1-40-28-15-20(14-26(34)29(28)41-17-19-2-8-23(32)9-3-19)16-35-38-30(39)22-6-4-21(5-7-22)27-18-42-31(37-27)36-25-12-10-24(33)11-13-25/h2-16,18H,17H2,1H3,(H,36,37)(H,38,39)/b35-16-. The van der Waals surface area contributed by atoms with Gasteiger partial charge in [-0.05, 0) is 94.4 Å². The molecule has 11 heteroatoms. The van der Waals surface area contributed by atoms with Crippen molar-refractivity contribution < 1.29 is 14.3 Å². The van der Waals surface area contributed by atoms with E-state index >= 15 is 0 Å². The molecule has 1 amide bonds. The zero-order valence-corrected chi connectivity index (χ0v) is 27.4. The molecule has 0 spiro atoms. The fourth-order valence-corrected chi connectivity index (χ4v) is 5.74. The maximum atomic E-state index is 12.7. The molecule has 0 aliphatic heterocycles. The van der Waals surface area contributed by atoms with E-state index in [2.05, 4.69) is 59.3 Å². The Morgan fingerprint density at radius 1 is 1.07 bits per heavy atom. The summed E-state index contributed by atoms with van der Waals surface area (Å²) >= 11 is 13.1. The summed E-state index contributed by atoms with van der Waals surface area (Å²) in [5.41, 5.74) is 7.49. The van der Waals surface area contributed by atoms with Crippen LogP contribution in [0, 0.1) is 3.57 Å². The first kappa shape index (κ1) is 30.0. The number of rotatable bonds is 10. The Hall–Kier alpha value is -3.45. The Bertz CT molecular complexity index is 1710. The number of carbonyl (C=O) groups is 1. The molecular weight excluding hydrogens is 751 g/mol. The summed E-state index contributed by atoms with van der Waals surface area (Å²) in [5.74, 6) is 0.906. The molecule has 0 saturated carbocycles. The first-order valence-electron chi connectivity index (χ1n) is 12.5. The number of carbonyl (C=O) groups excluding carboxylic acids is 1. The van der Waals surface area contributed by atoms with Gasteiger partial charge in [0, 0.05) is 31.7 Å². The average molecular weight is 774 g/mol. The average Bonchev–Trinajstić information content (AvgIpc) is 3.47. The first-order valence-corrected chi connectivity index (χ1v) is 15.7. The van der Waals surface area contributed by atoms with Gasteiger partial charge in [-0.3, -0.25) is 4.79 Å². The number of methoxy groups -OCH3 is 1. The minimum Gasteiger partial charge on any atom is -0.493 e. The summed E-state index contributed by atoms with van der Waals surface area (Å²) in [5, 5.41) is 10.8. The number of hydrogen-bond acceptors (Lipinski definition) is 7. The number of ether oxygens (including phenoxy) is 2. The predicted molar refractivity (Wildman–Crippen MR) is 182 cm³/mol. The third-order valence-electron chi connectivity index (χ3n) is 5.97. The minimum atomic E-state index is -0.322. The molecule has 5 aromatic rings. The lowest BCUT2D eigenvalue weighted by Crippen LogP contribution is -2.17. The highest BCUT2D eigenvalue weighted by atomic mass is 127. The van der Waals surface area contributed by atoms with Gasteiger partial charge in [-0.2, -0.15) is 5.10 Å². The van der Waals surface area contributed by atoms with Gasteiger partial charge in [0.25, 0.3) is 5.91 Å². The summed E-state index contributed by atoms with van der Waals surface area (Å²) in [6.07, 6.45) is 1.57. The van der Waals surface area contributed by atoms with E-state index < -0.39 is 0 Å². The van der Waals surface area contributed by atoms with E-state index in [1.54, 1.807) is 25.5 Å². The van der Waals surface area contributed by atoms with Gasteiger partial charge in [-0.25, -0.2) is 10.4 Å². The SMILES string of the molecule is COc1cc(/C=N\NC(=O)c2ccc(-c3csc(Nc4ccc(Cl)cc4)n3)cc2)cc(I)c1OCc1ccc(Br)cc1. The highest BCUT2D eigenvalue weighted by molar-refractivity contribution is 14.1. The lowest BCUT2D eigenvalue weighted by atomic mass is 10.1. The van der Waals surface area contributed by atoms with E-state index in [-0.39, 0.29) is 5.91 Å². The van der Waals surface area contributed by atoms with Gasteiger partial charge in [0.2, 0.25) is 0 Å². The van der Waals surface area contributed by atoms with E-state index in [9.17, 15) is 4.79 Å². The molecule has 7 nitrogen and oxygen atoms in total. The lowest BCUT2D eigenvalue weighted by molar-refractivity contribution is 0.0955. The maximum Gasteiger partial charge on any atom is 0.271 e. The Balaban J connectivity index is 1.18. The summed E-state index contributed by atoms with van der Waals surface area (Å²) in [6.45, 7) is 0.409. The van der Waals surface area contributed by atoms with Gasteiger partial charge in [0.05, 0.1) is 22.6 Å². The van der Waals surface area contributed by atoms with Crippen LogP contribution < -0.4 is 20.2 Å². The fraction of sp³-hybridized carbons (Fsp3) is 0.0645. The number of aromatic nitrogens is 1. The Labute approximate surface area is 274 Å². The van der Waals surface area contributed by atoms with Crippen molar-refractivity contribution in [2.24, 2.45) is 5.10 Å². The fourth-order valence-electron chi connectivity index (χ4n) is 3.83. The molecule has 2 N–H and O–H groups in total. The van der Waals surface area contributed by atoms with E-state index in [4.69, 9.17) is 21.1 Å². The largest absolute Gasteiger partial charge is 0.493 e. The van der Waals surface area contributed by atoms with Crippen molar-refractivity contribution in [2.45, 2.75) is 6.61 Å². The second kappa shape index (κ2) is 14.1. The maximum absolute atomic E-state index is 12.7. The van der Waals surface area contributed by atoms with Gasteiger partial charge in [-0.15, -0.1) is 11.3 Å². The monoisotopic (exact) mass is 772 g/mol. The third kappa shape index (κ3) is 7.88. The number of hydrogen-bond donors (Lipinski definition) is 2. The number of nitrogens with one attached hydrogen (secondary N) is 2. The van der Waals surface area contributed by atoms with Crippen LogP contribution in [0.25, 0.3) is 11.3 Å². The van der Waals surface area contributed by atoms with Gasteiger partial charge in [0.15, 0.2) is 16.6 Å². The normalized spacial score (nSPS) is 11.0. The van der Waals surface area contributed by atoms with E-state index in [1.807, 2.05) is 78.2 Å². The number of benzene rings is 4. The molecule has 1 aromatic heterocycles. The second-order valence-electron chi connectivity index (χ2n) is 8.90. The first-order chi connectivity index (χ1) is 20.4. The molecule has 0 atom stereocenters. The zero-order chi connectivity index (χ0) is 29.5. The summed E-state index contributed by atoms with van der Waals surface area (Å²) < 4.78 is 13.5. The van der Waals surface area contributed by atoms with Crippen LogP contribution in [0.3, 0.4) is 0 Å². The van der Waals surface area contributed by atoms with Crippen molar-refractivity contribution in [2.75, 3.05) is 12.4 Å². The second-order valence-corrected chi connectivity index (χ2v) is 12.3. The van der Waals surface area contributed by atoms with Gasteiger partial charge in [0.1, 0.15) is 6.61 Å². The summed E-state index contributed by atoms with van der Waals surface area (Å²) in [7, 11) is 1.59. The third-order valence-corrected chi connectivity index (χ3v) is 8.31. The molecule has 0 aliphatic rings. The molecular formula is C31H23BrClIN4O3S. The van der Waals surface area contributed by atoms with Crippen LogP contribution in [0.5, 0.6) is 11.5 Å². The highest BCUT2D eigenvalue weighted by Gasteiger charge is 2.12. The van der Waals surface area contributed by atoms with Gasteiger partial charge >= 0.3 is 0 Å². The molecule has 42 heavy (non-hydrogen) atoms. The van der Waals surface area contributed by atoms with Crippen LogP contribution in [0.4, 0.5) is 10.8 Å².